The number of carbonyl (C=O) groups is 3. The Kier molecular flexibility index (Phi) is 3.64. The summed E-state index contributed by atoms with van der Waals surface area (Å²) in [4.78, 5) is 39.5. The summed E-state index contributed by atoms with van der Waals surface area (Å²) in [7, 11) is 0. The molecular formula is C18H19ClN2O3. The lowest BCUT2D eigenvalue weighted by atomic mass is 10.0. The Balaban J connectivity index is 1.28. The number of halogens is 1. The maximum Gasteiger partial charge on any atom is 0.233 e. The van der Waals surface area contributed by atoms with Crippen LogP contribution in [0, 0.1) is 18.8 Å². The van der Waals surface area contributed by atoms with Crippen molar-refractivity contribution in [2.75, 3.05) is 13.1 Å². The van der Waals surface area contributed by atoms with Crippen molar-refractivity contribution < 1.29 is 14.4 Å². The Hall–Kier alpha value is -1.88. The normalized spacial score (nSPS) is 25.8. The van der Waals surface area contributed by atoms with Crippen LogP contribution in [-0.4, -0.2) is 46.7 Å². The van der Waals surface area contributed by atoms with Crippen LogP contribution in [0.3, 0.4) is 0 Å². The van der Waals surface area contributed by atoms with E-state index in [0.29, 0.717) is 25.9 Å². The topological polar surface area (TPSA) is 57.7 Å². The van der Waals surface area contributed by atoms with E-state index in [0.717, 1.165) is 22.6 Å². The van der Waals surface area contributed by atoms with E-state index in [9.17, 15) is 14.4 Å². The number of hydrogen-bond donors (Lipinski definition) is 0. The molecule has 4 rings (SSSR count). The molecule has 0 bridgehead atoms. The van der Waals surface area contributed by atoms with Crippen molar-refractivity contribution in [3.8, 4) is 0 Å². The highest BCUT2D eigenvalue weighted by Crippen LogP contribution is 2.48. The number of amides is 3. The third-order valence-corrected chi connectivity index (χ3v) is 5.75. The second-order valence-electron chi connectivity index (χ2n) is 7.03. The second kappa shape index (κ2) is 5.59. The van der Waals surface area contributed by atoms with E-state index >= 15 is 0 Å². The minimum absolute atomic E-state index is 0.0289. The number of aryl methyl sites for hydroxylation is 2. The van der Waals surface area contributed by atoms with Gasteiger partial charge < -0.3 is 4.90 Å². The smallest absolute Gasteiger partial charge is 0.233 e. The third-order valence-electron chi connectivity index (χ3n) is 5.33. The van der Waals surface area contributed by atoms with E-state index in [4.69, 9.17) is 11.6 Å². The van der Waals surface area contributed by atoms with E-state index in [1.165, 1.54) is 4.90 Å². The number of imide groups is 1. The summed E-state index contributed by atoms with van der Waals surface area (Å²) >= 11 is 6.01. The number of nitrogens with zero attached hydrogens (tertiary/aromatic N) is 2. The van der Waals surface area contributed by atoms with Gasteiger partial charge in [-0.25, -0.2) is 0 Å². The zero-order valence-electron chi connectivity index (χ0n) is 13.5. The molecule has 1 aromatic carbocycles. The Morgan fingerprint density at radius 1 is 1.21 bits per heavy atom. The van der Waals surface area contributed by atoms with Crippen molar-refractivity contribution in [2.24, 2.45) is 11.8 Å². The average Bonchev–Trinajstić information content (AvgIpc) is 3.26. The summed E-state index contributed by atoms with van der Waals surface area (Å²) in [5.41, 5.74) is 2.10. The summed E-state index contributed by atoms with van der Waals surface area (Å²) in [5, 5.41) is 0.730. The number of rotatable bonds is 4. The van der Waals surface area contributed by atoms with Crippen LogP contribution in [0.5, 0.6) is 0 Å². The van der Waals surface area contributed by atoms with E-state index in [-0.39, 0.29) is 35.6 Å². The fourth-order valence-corrected chi connectivity index (χ4v) is 3.78. The molecule has 1 aliphatic carbocycles. The molecule has 5 nitrogen and oxygen atoms in total. The Morgan fingerprint density at radius 3 is 2.50 bits per heavy atom. The monoisotopic (exact) mass is 346 g/mol. The Morgan fingerprint density at radius 2 is 1.88 bits per heavy atom. The number of piperidine rings is 1. The first kappa shape index (κ1) is 15.6. The first-order chi connectivity index (χ1) is 11.5. The van der Waals surface area contributed by atoms with Gasteiger partial charge in [-0.2, -0.15) is 0 Å². The van der Waals surface area contributed by atoms with Crippen molar-refractivity contribution in [3.05, 3.63) is 34.3 Å². The van der Waals surface area contributed by atoms with Gasteiger partial charge in [-0.05, 0) is 37.0 Å². The SMILES string of the molecule is Cc1cc(CCC(=O)N2CC(N3C(=O)C4CC4C3=O)C2)ccc1Cl. The van der Waals surface area contributed by atoms with Gasteiger partial charge in [-0.15, -0.1) is 0 Å². The van der Waals surface area contributed by atoms with Crippen molar-refractivity contribution in [1.82, 2.24) is 9.80 Å². The van der Waals surface area contributed by atoms with Gasteiger partial charge >= 0.3 is 0 Å². The van der Waals surface area contributed by atoms with Gasteiger partial charge in [0, 0.05) is 24.5 Å². The summed E-state index contributed by atoms with van der Waals surface area (Å²) in [6, 6.07) is 5.68. The summed E-state index contributed by atoms with van der Waals surface area (Å²) < 4.78 is 0. The van der Waals surface area contributed by atoms with Crippen LogP contribution in [0.25, 0.3) is 0 Å². The van der Waals surface area contributed by atoms with Gasteiger partial charge in [0.05, 0.1) is 17.9 Å². The number of benzene rings is 1. The highest BCUT2D eigenvalue weighted by Gasteiger charge is 2.61. The average molecular weight is 347 g/mol. The van der Waals surface area contributed by atoms with Crippen LogP contribution in [0.15, 0.2) is 18.2 Å². The van der Waals surface area contributed by atoms with Crippen LogP contribution < -0.4 is 0 Å². The molecule has 2 atom stereocenters. The largest absolute Gasteiger partial charge is 0.338 e. The summed E-state index contributed by atoms with van der Waals surface area (Å²) in [6.45, 7) is 2.91. The lowest BCUT2D eigenvalue weighted by Gasteiger charge is -2.43. The Bertz CT molecular complexity index is 722. The first-order valence-electron chi connectivity index (χ1n) is 8.35. The third kappa shape index (κ3) is 2.51. The zero-order valence-corrected chi connectivity index (χ0v) is 14.3. The van der Waals surface area contributed by atoms with Crippen LogP contribution >= 0.6 is 11.6 Å². The number of carbonyl (C=O) groups excluding carboxylic acids is 3. The maximum absolute atomic E-state index is 12.3. The minimum Gasteiger partial charge on any atom is -0.338 e. The molecule has 126 valence electrons. The van der Waals surface area contributed by atoms with Crippen LogP contribution in [0.4, 0.5) is 0 Å². The molecule has 3 amide bonds. The molecule has 0 aromatic heterocycles. The molecule has 0 radical (unpaired) electrons. The minimum atomic E-state index is -0.112. The fraction of sp³-hybridized carbons (Fsp3) is 0.500. The molecule has 0 N–H and O–H groups in total. The number of hydrogen-bond acceptors (Lipinski definition) is 3. The molecule has 3 aliphatic rings. The van der Waals surface area contributed by atoms with Gasteiger partial charge in [0.1, 0.15) is 0 Å². The van der Waals surface area contributed by atoms with E-state index < -0.39 is 0 Å². The predicted octanol–water partition coefficient (Wildman–Crippen LogP) is 1.80. The second-order valence-corrected chi connectivity index (χ2v) is 7.44. The molecule has 2 aliphatic heterocycles. The quantitative estimate of drug-likeness (QED) is 0.781. The molecule has 1 saturated carbocycles. The van der Waals surface area contributed by atoms with E-state index in [1.54, 1.807) is 4.90 Å². The number of likely N-dealkylation sites (tertiary alicyclic amines) is 2. The summed E-state index contributed by atoms with van der Waals surface area (Å²) in [6.07, 6.45) is 1.83. The zero-order chi connectivity index (χ0) is 17.0. The Labute approximate surface area is 145 Å². The predicted molar refractivity (Wildman–Crippen MR) is 88.3 cm³/mol. The van der Waals surface area contributed by atoms with Gasteiger partial charge in [0.2, 0.25) is 17.7 Å². The molecule has 1 aromatic rings. The molecule has 2 heterocycles. The molecule has 24 heavy (non-hydrogen) atoms. The van der Waals surface area contributed by atoms with Crippen molar-refractivity contribution in [1.29, 1.82) is 0 Å². The molecule has 2 unspecified atom stereocenters. The highest BCUT2D eigenvalue weighted by atomic mass is 35.5. The maximum atomic E-state index is 12.3. The lowest BCUT2D eigenvalue weighted by Crippen LogP contribution is -2.62. The van der Waals surface area contributed by atoms with E-state index in [1.807, 2.05) is 25.1 Å². The van der Waals surface area contributed by atoms with Gasteiger partial charge in [0.25, 0.3) is 0 Å². The molecule has 3 fully saturated rings. The highest BCUT2D eigenvalue weighted by molar-refractivity contribution is 6.31. The standard InChI is InChI=1S/C18H19ClN2O3/c1-10-6-11(2-4-15(10)19)3-5-16(22)20-8-12(9-20)21-17(23)13-7-14(13)18(21)24/h2,4,6,12-14H,3,5,7-9H2,1H3. The van der Waals surface area contributed by atoms with Crippen molar-refractivity contribution >= 4 is 29.3 Å². The van der Waals surface area contributed by atoms with Gasteiger partial charge in [0.15, 0.2) is 0 Å². The number of fused-ring (bicyclic) bond motifs is 1. The van der Waals surface area contributed by atoms with Crippen LogP contribution in [0.2, 0.25) is 5.02 Å². The first-order valence-corrected chi connectivity index (χ1v) is 8.73. The van der Waals surface area contributed by atoms with Crippen molar-refractivity contribution in [2.45, 2.75) is 32.2 Å². The molecular weight excluding hydrogens is 328 g/mol. The molecule has 6 heteroatoms. The summed E-state index contributed by atoms with van der Waals surface area (Å²) in [5.74, 6) is -0.105. The molecule has 0 spiro atoms. The van der Waals surface area contributed by atoms with Crippen LogP contribution in [-0.2, 0) is 20.8 Å². The van der Waals surface area contributed by atoms with Gasteiger partial charge in [-0.1, -0.05) is 23.7 Å². The molecule has 2 saturated heterocycles. The fourth-order valence-electron chi connectivity index (χ4n) is 3.66. The van der Waals surface area contributed by atoms with Crippen molar-refractivity contribution in [3.63, 3.8) is 0 Å². The lowest BCUT2D eigenvalue weighted by molar-refractivity contribution is -0.153. The van der Waals surface area contributed by atoms with Crippen LogP contribution in [0.1, 0.15) is 24.0 Å². The van der Waals surface area contributed by atoms with E-state index in [2.05, 4.69) is 0 Å². The van der Waals surface area contributed by atoms with Gasteiger partial charge in [-0.3, -0.25) is 19.3 Å².